The molecule has 1 aliphatic heterocycles. The Kier molecular flexibility index (Phi) is 8.35. The lowest BCUT2D eigenvalue weighted by Crippen LogP contribution is -2.29. The number of aliphatic hydroxyl groups is 1. The van der Waals surface area contributed by atoms with Crippen LogP contribution < -0.4 is 9.64 Å². The minimum atomic E-state index is -0.924. The lowest BCUT2D eigenvalue weighted by molar-refractivity contribution is -0.132. The molecule has 1 aliphatic rings. The van der Waals surface area contributed by atoms with Gasteiger partial charge in [-0.1, -0.05) is 89.3 Å². The Hall–Kier alpha value is -3.92. The molecule has 1 saturated heterocycles. The van der Waals surface area contributed by atoms with Gasteiger partial charge in [-0.3, -0.25) is 14.5 Å². The molecule has 0 bridgehead atoms. The third-order valence-corrected chi connectivity index (χ3v) is 8.59. The van der Waals surface area contributed by atoms with Gasteiger partial charge in [-0.2, -0.15) is 0 Å². The molecule has 7 nitrogen and oxygen atoms in total. The second kappa shape index (κ2) is 12.1. The number of anilines is 1. The van der Waals surface area contributed by atoms with E-state index in [1.165, 1.54) is 33.6 Å². The van der Waals surface area contributed by atoms with Crippen molar-refractivity contribution in [3.63, 3.8) is 0 Å². The van der Waals surface area contributed by atoms with Crippen molar-refractivity contribution in [3.05, 3.63) is 118 Å². The van der Waals surface area contributed by atoms with Gasteiger partial charge in [-0.25, -0.2) is 0 Å². The van der Waals surface area contributed by atoms with Crippen LogP contribution in [0, 0.1) is 6.92 Å². The predicted molar refractivity (Wildman–Crippen MR) is 159 cm³/mol. The van der Waals surface area contributed by atoms with Gasteiger partial charge in [0.1, 0.15) is 18.1 Å². The molecular formula is C30H24ClN3O4S2. The van der Waals surface area contributed by atoms with Crippen LogP contribution >= 0.6 is 34.7 Å². The van der Waals surface area contributed by atoms with Gasteiger partial charge >= 0.3 is 5.91 Å². The van der Waals surface area contributed by atoms with Crippen LogP contribution in [0.2, 0.25) is 5.02 Å². The van der Waals surface area contributed by atoms with Crippen LogP contribution in [0.5, 0.6) is 5.75 Å². The van der Waals surface area contributed by atoms with Gasteiger partial charge in [0.15, 0.2) is 4.34 Å². The zero-order chi connectivity index (χ0) is 28.2. The largest absolute Gasteiger partial charge is 0.507 e. The lowest BCUT2D eigenvalue weighted by Gasteiger charge is -2.22. The van der Waals surface area contributed by atoms with E-state index in [0.29, 0.717) is 38.6 Å². The van der Waals surface area contributed by atoms with Gasteiger partial charge in [-0.05, 0) is 54.4 Å². The maximum Gasteiger partial charge on any atom is 0.301 e. The number of benzene rings is 3. The van der Waals surface area contributed by atoms with Gasteiger partial charge in [0.05, 0.1) is 11.6 Å². The SMILES string of the molecule is C=CCOc1ccc(C2/C(=C(/O)c3ccc(Cl)cc3)C(=O)C(=O)N2c2nnc(SCc3ccc(C)cc3)s2)cc1. The molecule has 10 heteroatoms. The zero-order valence-electron chi connectivity index (χ0n) is 21.4. The fourth-order valence-corrected chi connectivity index (χ4v) is 6.15. The van der Waals surface area contributed by atoms with Gasteiger partial charge in [0.2, 0.25) is 5.13 Å². The van der Waals surface area contributed by atoms with Crippen LogP contribution in [-0.4, -0.2) is 33.6 Å². The molecule has 202 valence electrons. The van der Waals surface area contributed by atoms with E-state index in [0.717, 1.165) is 5.56 Å². The molecule has 0 radical (unpaired) electrons. The third kappa shape index (κ3) is 5.82. The number of carbonyl (C=O) groups is 2. The van der Waals surface area contributed by atoms with Gasteiger partial charge in [-0.15, -0.1) is 10.2 Å². The predicted octanol–water partition coefficient (Wildman–Crippen LogP) is 6.98. The highest BCUT2D eigenvalue weighted by Crippen LogP contribution is 2.44. The summed E-state index contributed by atoms with van der Waals surface area (Å²) >= 11 is 8.73. The molecule has 1 unspecified atom stereocenters. The van der Waals surface area contributed by atoms with Crippen LogP contribution in [0.15, 0.2) is 95.4 Å². The first-order valence-electron chi connectivity index (χ1n) is 12.3. The monoisotopic (exact) mass is 589 g/mol. The van der Waals surface area contributed by atoms with E-state index in [2.05, 4.69) is 41.0 Å². The number of ketones is 1. The van der Waals surface area contributed by atoms with Crippen LogP contribution in [-0.2, 0) is 15.3 Å². The average molecular weight is 590 g/mol. The Labute approximate surface area is 244 Å². The quantitative estimate of drug-likeness (QED) is 0.0562. The lowest BCUT2D eigenvalue weighted by atomic mass is 9.95. The van der Waals surface area contributed by atoms with Crippen molar-refractivity contribution in [2.75, 3.05) is 11.5 Å². The van der Waals surface area contributed by atoms with Crippen molar-refractivity contribution in [1.29, 1.82) is 0 Å². The standard InChI is InChI=1S/C30H24ClN3O4S2/c1-3-16-38-23-14-10-20(11-15-23)25-24(26(35)21-8-12-22(31)13-9-21)27(36)28(37)34(25)29-32-33-30(40-29)39-17-19-6-4-18(2)5-7-19/h3-15,25,35H,1,16-17H2,2H3/b26-24-. The minimum absolute atomic E-state index is 0.0452. The number of nitrogens with zero attached hydrogens (tertiary/aromatic N) is 3. The van der Waals surface area contributed by atoms with E-state index in [1.54, 1.807) is 54.6 Å². The van der Waals surface area contributed by atoms with Crippen LogP contribution in [0.1, 0.15) is 28.3 Å². The zero-order valence-corrected chi connectivity index (χ0v) is 23.8. The maximum absolute atomic E-state index is 13.4. The number of carbonyl (C=O) groups excluding carboxylic acids is 2. The second-order valence-corrected chi connectivity index (χ2v) is 11.6. The first-order valence-corrected chi connectivity index (χ1v) is 14.5. The molecule has 1 fully saturated rings. The Morgan fingerprint density at radius 1 is 1.07 bits per heavy atom. The number of Topliss-reactive ketones (excluding diaryl/α,β-unsaturated/α-hetero) is 1. The van der Waals surface area contributed by atoms with Crippen molar-refractivity contribution < 1.29 is 19.4 Å². The summed E-state index contributed by atoms with van der Waals surface area (Å²) in [6.45, 7) is 6.02. The van der Waals surface area contributed by atoms with E-state index in [1.807, 2.05) is 6.92 Å². The molecular weight excluding hydrogens is 566 g/mol. The van der Waals surface area contributed by atoms with Gasteiger partial charge in [0, 0.05) is 16.3 Å². The highest BCUT2D eigenvalue weighted by Gasteiger charge is 2.48. The van der Waals surface area contributed by atoms with Crippen LogP contribution in [0.4, 0.5) is 5.13 Å². The smallest absolute Gasteiger partial charge is 0.301 e. The van der Waals surface area contributed by atoms with Crippen LogP contribution in [0.3, 0.4) is 0 Å². The second-order valence-electron chi connectivity index (χ2n) is 8.97. The molecule has 1 atom stereocenters. The fourth-order valence-electron chi connectivity index (χ4n) is 4.20. The van der Waals surface area contributed by atoms with Crippen molar-refractivity contribution >= 4 is 57.3 Å². The maximum atomic E-state index is 13.4. The number of rotatable bonds is 9. The number of aryl methyl sites for hydroxylation is 1. The first-order chi connectivity index (χ1) is 19.4. The molecule has 3 aromatic carbocycles. The van der Waals surface area contributed by atoms with E-state index in [9.17, 15) is 14.7 Å². The summed E-state index contributed by atoms with van der Waals surface area (Å²) in [5.74, 6) is -0.621. The van der Waals surface area contributed by atoms with E-state index in [4.69, 9.17) is 16.3 Å². The Bertz CT molecular complexity index is 1580. The normalized spacial score (nSPS) is 16.4. The molecule has 0 saturated carbocycles. The summed E-state index contributed by atoms with van der Waals surface area (Å²) in [5, 5.41) is 20.5. The number of aromatic nitrogens is 2. The number of hydrogen-bond donors (Lipinski definition) is 1. The van der Waals surface area contributed by atoms with E-state index >= 15 is 0 Å². The molecule has 5 rings (SSSR count). The fraction of sp³-hybridized carbons (Fsp3) is 0.133. The summed E-state index contributed by atoms with van der Waals surface area (Å²) in [7, 11) is 0. The summed E-state index contributed by atoms with van der Waals surface area (Å²) in [6.07, 6.45) is 1.64. The topological polar surface area (TPSA) is 92.6 Å². The van der Waals surface area contributed by atoms with E-state index < -0.39 is 17.7 Å². The van der Waals surface area contributed by atoms with Crippen molar-refractivity contribution in [2.45, 2.75) is 23.1 Å². The number of ether oxygens (including phenoxy) is 1. The highest BCUT2D eigenvalue weighted by atomic mass is 35.5. The molecule has 0 aliphatic carbocycles. The molecule has 1 N–H and O–H groups in total. The molecule has 1 amide bonds. The molecule has 40 heavy (non-hydrogen) atoms. The number of aliphatic hydroxyl groups excluding tert-OH is 1. The molecule has 0 spiro atoms. The Morgan fingerprint density at radius 2 is 1.77 bits per heavy atom. The summed E-state index contributed by atoms with van der Waals surface area (Å²) in [6, 6.07) is 20.7. The number of hydrogen-bond acceptors (Lipinski definition) is 8. The van der Waals surface area contributed by atoms with Crippen LogP contribution in [0.25, 0.3) is 5.76 Å². The molecule has 1 aromatic heterocycles. The number of halogens is 1. The third-order valence-electron chi connectivity index (χ3n) is 6.21. The van der Waals surface area contributed by atoms with E-state index in [-0.39, 0.29) is 16.5 Å². The number of thioether (sulfide) groups is 1. The summed E-state index contributed by atoms with van der Waals surface area (Å²) in [5.41, 5.74) is 3.24. The Morgan fingerprint density at radius 3 is 2.45 bits per heavy atom. The molecule has 4 aromatic rings. The summed E-state index contributed by atoms with van der Waals surface area (Å²) in [4.78, 5) is 28.1. The summed E-state index contributed by atoms with van der Waals surface area (Å²) < 4.78 is 6.25. The Balaban J connectivity index is 1.52. The average Bonchev–Trinajstić information content (AvgIpc) is 3.54. The van der Waals surface area contributed by atoms with Crippen molar-refractivity contribution in [2.24, 2.45) is 0 Å². The van der Waals surface area contributed by atoms with Gasteiger partial charge in [0.25, 0.3) is 5.78 Å². The number of amides is 1. The van der Waals surface area contributed by atoms with Crippen molar-refractivity contribution in [3.8, 4) is 5.75 Å². The highest BCUT2D eigenvalue weighted by molar-refractivity contribution is 8.00. The first kappa shape index (κ1) is 27.6. The minimum Gasteiger partial charge on any atom is -0.507 e. The van der Waals surface area contributed by atoms with Gasteiger partial charge < -0.3 is 9.84 Å². The van der Waals surface area contributed by atoms with Crippen molar-refractivity contribution in [1.82, 2.24) is 10.2 Å². The molecule has 2 heterocycles.